The predicted octanol–water partition coefficient (Wildman–Crippen LogP) is 5.11. The van der Waals surface area contributed by atoms with Gasteiger partial charge in [-0.15, -0.1) is 0 Å². The molecule has 0 radical (unpaired) electrons. The van der Waals surface area contributed by atoms with E-state index in [4.69, 9.17) is 16.0 Å². The topological polar surface area (TPSA) is 79.5 Å². The van der Waals surface area contributed by atoms with Gasteiger partial charge in [0.1, 0.15) is 28.9 Å². The van der Waals surface area contributed by atoms with Crippen LogP contribution in [0, 0.1) is 12.7 Å². The summed E-state index contributed by atoms with van der Waals surface area (Å²) in [5.74, 6) is -1.98. The van der Waals surface area contributed by atoms with Gasteiger partial charge in [0.2, 0.25) is 0 Å². The molecule has 7 heteroatoms. The minimum Gasteiger partial charge on any atom is -0.478 e. The van der Waals surface area contributed by atoms with E-state index in [-0.39, 0.29) is 27.8 Å². The SMILES string of the molecule is Cc1oc(C(Nc2ccc(Cl)cc2F)C(=O)c2ccccc2)cc1C(=O)O. The van der Waals surface area contributed by atoms with E-state index in [9.17, 15) is 19.1 Å². The normalized spacial score (nSPS) is 11.8. The molecule has 27 heavy (non-hydrogen) atoms. The number of aromatic carboxylic acids is 1. The molecule has 0 aliphatic heterocycles. The molecular weight excluding hydrogens is 373 g/mol. The van der Waals surface area contributed by atoms with Gasteiger partial charge < -0.3 is 14.8 Å². The molecule has 3 aromatic rings. The third-order valence-electron chi connectivity index (χ3n) is 4.00. The highest BCUT2D eigenvalue weighted by atomic mass is 35.5. The molecule has 0 spiro atoms. The van der Waals surface area contributed by atoms with Crippen molar-refractivity contribution in [2.24, 2.45) is 0 Å². The summed E-state index contributed by atoms with van der Waals surface area (Å²) in [5, 5.41) is 12.3. The number of aryl methyl sites for hydroxylation is 1. The number of anilines is 1. The highest BCUT2D eigenvalue weighted by molar-refractivity contribution is 6.30. The van der Waals surface area contributed by atoms with Crippen molar-refractivity contribution in [1.29, 1.82) is 0 Å². The largest absolute Gasteiger partial charge is 0.478 e. The summed E-state index contributed by atoms with van der Waals surface area (Å²) in [6.45, 7) is 1.49. The lowest BCUT2D eigenvalue weighted by molar-refractivity contribution is 0.0694. The standard InChI is InChI=1S/C20H15ClFNO4/c1-11-14(20(25)26)10-17(27-11)18(19(24)12-5-3-2-4-6-12)23-16-8-7-13(21)9-15(16)22/h2-10,18,23H,1H3,(H,25,26). The van der Waals surface area contributed by atoms with E-state index in [1.807, 2.05) is 0 Å². The number of halogens is 2. The van der Waals surface area contributed by atoms with Crippen LogP contribution in [0.3, 0.4) is 0 Å². The van der Waals surface area contributed by atoms with Crippen LogP contribution in [0.1, 0.15) is 38.3 Å². The highest BCUT2D eigenvalue weighted by Crippen LogP contribution is 2.29. The van der Waals surface area contributed by atoms with Crippen LogP contribution in [-0.4, -0.2) is 16.9 Å². The van der Waals surface area contributed by atoms with E-state index < -0.39 is 23.6 Å². The molecule has 138 valence electrons. The van der Waals surface area contributed by atoms with Crippen LogP contribution in [0.4, 0.5) is 10.1 Å². The van der Waals surface area contributed by atoms with E-state index >= 15 is 0 Å². The van der Waals surface area contributed by atoms with Gasteiger partial charge in [-0.05, 0) is 31.2 Å². The summed E-state index contributed by atoms with van der Waals surface area (Å²) in [5.41, 5.74) is 0.351. The molecule has 0 aliphatic carbocycles. The minimum atomic E-state index is -1.17. The van der Waals surface area contributed by atoms with Crippen molar-refractivity contribution < 1.29 is 23.5 Å². The van der Waals surface area contributed by atoms with Crippen LogP contribution in [-0.2, 0) is 0 Å². The van der Waals surface area contributed by atoms with Gasteiger partial charge >= 0.3 is 5.97 Å². The summed E-state index contributed by atoms with van der Waals surface area (Å²) >= 11 is 5.77. The first-order chi connectivity index (χ1) is 12.9. The molecule has 1 unspecified atom stereocenters. The molecule has 5 nitrogen and oxygen atoms in total. The Morgan fingerprint density at radius 3 is 2.44 bits per heavy atom. The molecule has 2 N–H and O–H groups in total. The molecular formula is C20H15ClFNO4. The lowest BCUT2D eigenvalue weighted by Gasteiger charge is -2.17. The van der Waals surface area contributed by atoms with Crippen molar-refractivity contribution in [2.75, 3.05) is 5.32 Å². The van der Waals surface area contributed by atoms with Crippen molar-refractivity contribution in [3.8, 4) is 0 Å². The van der Waals surface area contributed by atoms with E-state index in [2.05, 4.69) is 5.32 Å². The monoisotopic (exact) mass is 387 g/mol. The maximum absolute atomic E-state index is 14.2. The Morgan fingerprint density at radius 1 is 1.15 bits per heavy atom. The lowest BCUT2D eigenvalue weighted by Crippen LogP contribution is -2.21. The first kappa shape index (κ1) is 18.7. The van der Waals surface area contributed by atoms with E-state index in [0.29, 0.717) is 5.56 Å². The Labute approximate surface area is 159 Å². The van der Waals surface area contributed by atoms with E-state index in [1.54, 1.807) is 30.3 Å². The fourth-order valence-corrected chi connectivity index (χ4v) is 2.82. The zero-order valence-electron chi connectivity index (χ0n) is 14.2. The van der Waals surface area contributed by atoms with Gasteiger partial charge in [0.25, 0.3) is 0 Å². The van der Waals surface area contributed by atoms with Crippen LogP contribution in [0.15, 0.2) is 59.0 Å². The first-order valence-corrected chi connectivity index (χ1v) is 8.39. The Morgan fingerprint density at radius 2 is 1.85 bits per heavy atom. The molecule has 0 fully saturated rings. The lowest BCUT2D eigenvalue weighted by atomic mass is 10.0. The van der Waals surface area contributed by atoms with Gasteiger partial charge in [0.15, 0.2) is 5.78 Å². The number of hydrogen-bond acceptors (Lipinski definition) is 4. The molecule has 2 aromatic carbocycles. The number of carbonyl (C=O) groups is 2. The Bertz CT molecular complexity index is 1000. The Kier molecular flexibility index (Phi) is 5.28. The van der Waals surface area contributed by atoms with Crippen molar-refractivity contribution in [1.82, 2.24) is 0 Å². The number of carboxylic acid groups (broad SMARTS) is 1. The molecule has 1 atom stereocenters. The summed E-state index contributed by atoms with van der Waals surface area (Å²) in [6.07, 6.45) is 0. The molecule has 1 heterocycles. The minimum absolute atomic E-state index is 0.0413. The number of nitrogens with one attached hydrogen (secondary N) is 1. The van der Waals surface area contributed by atoms with Crippen LogP contribution >= 0.6 is 11.6 Å². The fraction of sp³-hybridized carbons (Fsp3) is 0.100. The van der Waals surface area contributed by atoms with Crippen LogP contribution < -0.4 is 5.32 Å². The van der Waals surface area contributed by atoms with Gasteiger partial charge in [-0.1, -0.05) is 41.9 Å². The maximum Gasteiger partial charge on any atom is 0.339 e. The number of hydrogen-bond donors (Lipinski definition) is 2. The van der Waals surface area contributed by atoms with Crippen molar-refractivity contribution >= 4 is 29.0 Å². The van der Waals surface area contributed by atoms with Gasteiger partial charge in [0.05, 0.1) is 5.69 Å². The zero-order chi connectivity index (χ0) is 19.6. The molecule has 0 bridgehead atoms. The number of rotatable bonds is 6. The first-order valence-electron chi connectivity index (χ1n) is 8.01. The van der Waals surface area contributed by atoms with Crippen molar-refractivity contribution in [3.63, 3.8) is 0 Å². The van der Waals surface area contributed by atoms with Crippen LogP contribution in [0.25, 0.3) is 0 Å². The molecule has 0 saturated carbocycles. The van der Waals surface area contributed by atoms with Crippen LogP contribution in [0.2, 0.25) is 5.02 Å². The third-order valence-corrected chi connectivity index (χ3v) is 4.24. The number of Topliss-reactive ketones (excluding diaryl/α,β-unsaturated/α-hetero) is 1. The summed E-state index contributed by atoms with van der Waals surface area (Å²) in [7, 11) is 0. The predicted molar refractivity (Wildman–Crippen MR) is 99.0 cm³/mol. The van der Waals surface area contributed by atoms with Gasteiger partial charge in [-0.2, -0.15) is 0 Å². The number of carboxylic acids is 1. The summed E-state index contributed by atoms with van der Waals surface area (Å²) in [4.78, 5) is 24.3. The van der Waals surface area contributed by atoms with Crippen LogP contribution in [0.5, 0.6) is 0 Å². The van der Waals surface area contributed by atoms with Gasteiger partial charge in [-0.3, -0.25) is 4.79 Å². The third kappa shape index (κ3) is 4.01. The summed E-state index contributed by atoms with van der Waals surface area (Å²) in [6, 6.07) is 12.5. The number of ketones is 1. The number of carbonyl (C=O) groups excluding carboxylic acids is 1. The van der Waals surface area contributed by atoms with E-state index in [0.717, 1.165) is 6.07 Å². The molecule has 0 saturated heterocycles. The van der Waals surface area contributed by atoms with Crippen molar-refractivity contribution in [2.45, 2.75) is 13.0 Å². The second-order valence-electron chi connectivity index (χ2n) is 5.86. The van der Waals surface area contributed by atoms with Gasteiger partial charge in [0, 0.05) is 10.6 Å². The number of furan rings is 1. The van der Waals surface area contributed by atoms with Gasteiger partial charge in [-0.25, -0.2) is 9.18 Å². The molecule has 0 amide bonds. The molecule has 0 aliphatic rings. The number of benzene rings is 2. The van der Waals surface area contributed by atoms with Crippen molar-refractivity contribution in [3.05, 3.63) is 88.1 Å². The molecule has 3 rings (SSSR count). The summed E-state index contributed by atoms with van der Waals surface area (Å²) < 4.78 is 19.7. The average molecular weight is 388 g/mol. The highest BCUT2D eigenvalue weighted by Gasteiger charge is 2.28. The zero-order valence-corrected chi connectivity index (χ0v) is 15.0. The smallest absolute Gasteiger partial charge is 0.339 e. The fourth-order valence-electron chi connectivity index (χ4n) is 2.66. The maximum atomic E-state index is 14.2. The van der Waals surface area contributed by atoms with E-state index in [1.165, 1.54) is 25.1 Å². The Balaban J connectivity index is 2.04. The second-order valence-corrected chi connectivity index (χ2v) is 6.29. The quantitative estimate of drug-likeness (QED) is 0.574. The molecule has 1 aromatic heterocycles. The second kappa shape index (κ2) is 7.63. The Hall–Kier alpha value is -3.12. The average Bonchev–Trinajstić information content (AvgIpc) is 3.03.